The monoisotopic (exact) mass is 777 g/mol. The van der Waals surface area contributed by atoms with Crippen molar-refractivity contribution in [2.45, 2.75) is 115 Å². The molecule has 10 heteroatoms. The van der Waals surface area contributed by atoms with Crippen LogP contribution in [0.25, 0.3) is 27.0 Å². The summed E-state index contributed by atoms with van der Waals surface area (Å²) in [5.41, 5.74) is 8.97. The van der Waals surface area contributed by atoms with Crippen LogP contribution in [0.3, 0.4) is 0 Å². The maximum absolute atomic E-state index is 13.3. The zero-order chi connectivity index (χ0) is 38.3. The molecule has 0 radical (unpaired) electrons. The topological polar surface area (TPSA) is 89.4 Å². The van der Waals surface area contributed by atoms with Crippen molar-refractivity contribution in [3.63, 3.8) is 0 Å². The lowest BCUT2D eigenvalue weighted by atomic mass is 9.77. The van der Waals surface area contributed by atoms with Gasteiger partial charge in [0.2, 0.25) is 0 Å². The Morgan fingerprint density at radius 1 is 1.04 bits per heavy atom. The number of carbonyl (C=O) groups excluding carboxylic acids is 1. The van der Waals surface area contributed by atoms with Gasteiger partial charge in [-0.3, -0.25) is 9.36 Å². The van der Waals surface area contributed by atoms with E-state index in [1.165, 1.54) is 16.0 Å². The van der Waals surface area contributed by atoms with Gasteiger partial charge in [0.1, 0.15) is 11.4 Å². The molecule has 1 N–H and O–H groups in total. The quantitative estimate of drug-likeness (QED) is 0.142. The van der Waals surface area contributed by atoms with Crippen LogP contribution >= 0.6 is 22.9 Å². The summed E-state index contributed by atoms with van der Waals surface area (Å²) in [5, 5.41) is 4.13. The van der Waals surface area contributed by atoms with Crippen LogP contribution in [0.2, 0.25) is 5.02 Å². The Balaban J connectivity index is 0.877. The number of hydrogen-bond donors (Lipinski definition) is 1. The molecule has 8 rings (SSSR count). The van der Waals surface area contributed by atoms with Gasteiger partial charge in [-0.15, -0.1) is 11.3 Å². The molecular formula is C45H52ClN5O3S. The summed E-state index contributed by atoms with van der Waals surface area (Å²) >= 11 is 8.19. The van der Waals surface area contributed by atoms with Gasteiger partial charge in [0, 0.05) is 0 Å². The largest absolute Gasteiger partial charge is 0.444 e. The molecule has 1 atom stereocenters. The number of piperidine rings is 1. The maximum atomic E-state index is 13.3. The van der Waals surface area contributed by atoms with E-state index in [0.29, 0.717) is 16.3 Å². The fourth-order valence-electron chi connectivity index (χ4n) is 9.34. The van der Waals surface area contributed by atoms with Gasteiger partial charge in [0.25, 0.3) is 5.56 Å². The van der Waals surface area contributed by atoms with Crippen molar-refractivity contribution < 1.29 is 9.53 Å². The molecule has 5 aromatic rings. The molecule has 1 aliphatic carbocycles. The number of likely N-dealkylation sites (tertiary alicyclic amines) is 1. The zero-order valence-electron chi connectivity index (χ0n) is 32.5. The van der Waals surface area contributed by atoms with E-state index < -0.39 is 5.60 Å². The number of carbonyl (C=O) groups is 1. The van der Waals surface area contributed by atoms with Gasteiger partial charge in [-0.1, -0.05) is 79.7 Å². The van der Waals surface area contributed by atoms with Gasteiger partial charge in [0.05, 0.1) is 49.2 Å². The lowest BCUT2D eigenvalue weighted by Crippen LogP contribution is -2.35. The predicted octanol–water partition coefficient (Wildman–Crippen LogP) is 10.7. The van der Waals surface area contributed by atoms with Gasteiger partial charge in [-0.2, -0.15) is 4.98 Å². The number of ether oxygens (including phenoxy) is 1. The average Bonchev–Trinajstić information content (AvgIpc) is 3.89. The van der Waals surface area contributed by atoms with E-state index in [1.807, 2.05) is 45.3 Å². The Bertz CT molecular complexity index is 2240. The summed E-state index contributed by atoms with van der Waals surface area (Å²) in [7, 11) is 0. The highest BCUT2D eigenvalue weighted by Crippen LogP contribution is 2.53. The van der Waals surface area contributed by atoms with E-state index in [0.717, 1.165) is 118 Å². The molecule has 0 unspecified atom stereocenters. The summed E-state index contributed by atoms with van der Waals surface area (Å²) < 4.78 is 7.87. The second-order valence-corrected chi connectivity index (χ2v) is 18.1. The number of alkyl carbamates (subject to hydrolysis) is 1. The second-order valence-electron chi connectivity index (χ2n) is 16.8. The van der Waals surface area contributed by atoms with Crippen molar-refractivity contribution in [1.29, 1.82) is 0 Å². The van der Waals surface area contributed by atoms with Crippen LogP contribution in [-0.2, 0) is 10.2 Å². The minimum atomic E-state index is -0.552. The standard InChI is InChI=1S/C45H52ClN5O3S/c1-29-40(55-28-47-29)32-16-14-31(15-17-32)36(48-43(53)54-44(2,3)4)12-6-5-9-24-50-25-20-30(21-26-50)33-18-19-37-34(27-33)45(22-7-8-23-45)42-49-41(52)39-35(46)11-10-13-38(39)51(37)42/h10-11,13-19,27-28,30,36H,5-9,12,20-26H2,1-4H3,(H,48,53)/t36-/m0/s1. The molecule has 2 aromatic heterocycles. The first-order chi connectivity index (χ1) is 26.5. The van der Waals surface area contributed by atoms with Crippen LogP contribution < -0.4 is 10.9 Å². The number of nitrogens with zero attached hydrogens (tertiary/aromatic N) is 4. The van der Waals surface area contributed by atoms with Gasteiger partial charge in [-0.05, 0) is 132 Å². The summed E-state index contributed by atoms with van der Waals surface area (Å²) in [5.74, 6) is 1.42. The average molecular weight is 778 g/mol. The predicted molar refractivity (Wildman–Crippen MR) is 223 cm³/mol. The number of nitrogens with one attached hydrogen (secondary N) is 1. The van der Waals surface area contributed by atoms with E-state index in [2.05, 4.69) is 62.2 Å². The third kappa shape index (κ3) is 7.60. The molecule has 2 fully saturated rings. The number of aromatic nitrogens is 3. The lowest BCUT2D eigenvalue weighted by Gasteiger charge is -2.33. The molecule has 4 heterocycles. The minimum Gasteiger partial charge on any atom is -0.444 e. The summed E-state index contributed by atoms with van der Waals surface area (Å²) in [6.45, 7) is 11.0. The summed E-state index contributed by atoms with van der Waals surface area (Å²) in [6, 6.07) is 21.2. The SMILES string of the molecule is Cc1ncsc1-c1ccc([C@H](CCCCCN2CCC(c3ccc4c(c3)C3(CCCC3)c3nc(=O)c5c(Cl)cccc5n3-4)CC2)NC(=O)OC(C)(C)C)cc1. The minimum absolute atomic E-state index is 0.112. The summed E-state index contributed by atoms with van der Waals surface area (Å²) in [6.07, 6.45) is 10.4. The molecule has 1 spiro atoms. The molecule has 2 aliphatic heterocycles. The van der Waals surface area contributed by atoms with E-state index in [1.54, 1.807) is 17.4 Å². The van der Waals surface area contributed by atoms with E-state index in [4.69, 9.17) is 21.3 Å². The number of amides is 1. The van der Waals surface area contributed by atoms with Gasteiger partial charge >= 0.3 is 6.09 Å². The van der Waals surface area contributed by atoms with Crippen LogP contribution in [0.1, 0.15) is 125 Å². The first kappa shape index (κ1) is 37.9. The molecule has 3 aliphatic rings. The number of aryl methyl sites for hydroxylation is 1. The third-order valence-corrected chi connectivity index (χ3v) is 13.4. The fourth-order valence-corrected chi connectivity index (χ4v) is 10.4. The molecule has 8 nitrogen and oxygen atoms in total. The molecule has 1 amide bonds. The van der Waals surface area contributed by atoms with Crippen LogP contribution in [0, 0.1) is 6.92 Å². The van der Waals surface area contributed by atoms with Crippen molar-refractivity contribution in [2.75, 3.05) is 19.6 Å². The normalized spacial score (nSPS) is 17.4. The van der Waals surface area contributed by atoms with Gasteiger partial charge in [0.15, 0.2) is 0 Å². The van der Waals surface area contributed by atoms with E-state index >= 15 is 0 Å². The first-order valence-corrected chi connectivity index (χ1v) is 21.4. The van der Waals surface area contributed by atoms with Crippen LogP contribution in [0.4, 0.5) is 4.79 Å². The smallest absolute Gasteiger partial charge is 0.408 e. The zero-order valence-corrected chi connectivity index (χ0v) is 34.1. The Labute approximate surface area is 333 Å². The van der Waals surface area contributed by atoms with Crippen molar-refractivity contribution in [1.82, 2.24) is 24.8 Å². The number of hydrogen-bond acceptors (Lipinski definition) is 7. The Kier molecular flexibility index (Phi) is 10.6. The number of fused-ring (bicyclic) bond motifs is 7. The van der Waals surface area contributed by atoms with Gasteiger partial charge in [-0.25, -0.2) is 9.78 Å². The Morgan fingerprint density at radius 3 is 2.51 bits per heavy atom. The number of benzene rings is 3. The highest BCUT2D eigenvalue weighted by atomic mass is 35.5. The van der Waals surface area contributed by atoms with Crippen molar-refractivity contribution in [2.24, 2.45) is 0 Å². The lowest BCUT2D eigenvalue weighted by molar-refractivity contribution is 0.0500. The Morgan fingerprint density at radius 2 is 1.80 bits per heavy atom. The van der Waals surface area contributed by atoms with Gasteiger partial charge < -0.3 is 15.0 Å². The first-order valence-electron chi connectivity index (χ1n) is 20.1. The molecule has 55 heavy (non-hydrogen) atoms. The molecule has 1 saturated heterocycles. The molecule has 3 aromatic carbocycles. The summed E-state index contributed by atoms with van der Waals surface area (Å²) in [4.78, 5) is 39.1. The highest BCUT2D eigenvalue weighted by Gasteiger charge is 2.48. The molecule has 1 saturated carbocycles. The molecular weight excluding hydrogens is 726 g/mol. The van der Waals surface area contributed by atoms with Crippen molar-refractivity contribution in [3.05, 3.63) is 110 Å². The van der Waals surface area contributed by atoms with E-state index in [-0.39, 0.29) is 23.1 Å². The van der Waals surface area contributed by atoms with Crippen LogP contribution in [0.5, 0.6) is 0 Å². The van der Waals surface area contributed by atoms with Crippen molar-refractivity contribution >= 4 is 39.9 Å². The fraction of sp³-hybridized carbons (Fsp3) is 0.467. The van der Waals surface area contributed by atoms with Crippen LogP contribution in [-0.4, -0.2) is 50.8 Å². The highest BCUT2D eigenvalue weighted by molar-refractivity contribution is 7.13. The number of thiazole rings is 1. The van der Waals surface area contributed by atoms with Crippen molar-refractivity contribution in [3.8, 4) is 16.1 Å². The maximum Gasteiger partial charge on any atom is 0.408 e. The van der Waals surface area contributed by atoms with Crippen LogP contribution in [0.15, 0.2) is 71.0 Å². The Hall–Kier alpha value is -4.05. The number of halogens is 1. The second kappa shape index (κ2) is 15.5. The third-order valence-electron chi connectivity index (χ3n) is 12.1. The molecule has 288 valence electrons. The number of unbranched alkanes of at least 4 members (excludes halogenated alkanes) is 2. The number of rotatable bonds is 10. The molecule has 0 bridgehead atoms. The van der Waals surface area contributed by atoms with E-state index in [9.17, 15) is 9.59 Å².